The molecular weight excluding hydrogens is 340 g/mol. The predicted molar refractivity (Wildman–Crippen MR) is 89.8 cm³/mol. The van der Waals surface area contributed by atoms with Gasteiger partial charge < -0.3 is 0 Å². The van der Waals surface area contributed by atoms with E-state index in [-0.39, 0.29) is 0 Å². The number of benzene rings is 1. The molecule has 1 atom stereocenters. The van der Waals surface area contributed by atoms with Gasteiger partial charge in [0.2, 0.25) is 0 Å². The molecule has 102 valence electrons. The normalized spacial score (nSPS) is 12.6. The van der Waals surface area contributed by atoms with Crippen LogP contribution in [0.1, 0.15) is 22.2 Å². The number of rotatable bonds is 6. The summed E-state index contributed by atoms with van der Waals surface area (Å²) in [6.07, 6.45) is 3.39. The van der Waals surface area contributed by atoms with Crippen LogP contribution >= 0.6 is 38.9 Å². The fourth-order valence-corrected chi connectivity index (χ4v) is 3.80. The molecule has 0 nitrogen and oxygen atoms in total. The van der Waals surface area contributed by atoms with Crippen LogP contribution in [0.3, 0.4) is 0 Å². The first-order chi connectivity index (χ1) is 9.21. The molecule has 0 saturated heterocycles. The fraction of sp³-hybridized carbons (Fsp3) is 0.375. The summed E-state index contributed by atoms with van der Waals surface area (Å²) >= 11 is 11.5. The predicted octanol–water partition coefficient (Wildman–Crippen LogP) is 5.76. The quantitative estimate of drug-likeness (QED) is 0.576. The van der Waals surface area contributed by atoms with Gasteiger partial charge in [0, 0.05) is 20.1 Å². The molecule has 0 bridgehead atoms. The minimum Gasteiger partial charge on any atom is -0.145 e. The van der Waals surface area contributed by atoms with E-state index in [0.29, 0.717) is 5.92 Å². The molecule has 1 aromatic carbocycles. The van der Waals surface area contributed by atoms with E-state index in [9.17, 15) is 0 Å². The Labute approximate surface area is 132 Å². The lowest BCUT2D eigenvalue weighted by Gasteiger charge is -2.13. The molecule has 1 aromatic heterocycles. The third-order valence-electron chi connectivity index (χ3n) is 3.21. The van der Waals surface area contributed by atoms with Gasteiger partial charge >= 0.3 is 0 Å². The van der Waals surface area contributed by atoms with Crippen LogP contribution in [0.4, 0.5) is 0 Å². The van der Waals surface area contributed by atoms with Gasteiger partial charge in [-0.15, -0.1) is 11.3 Å². The summed E-state index contributed by atoms with van der Waals surface area (Å²) in [6.45, 7) is 2.21. The molecule has 19 heavy (non-hydrogen) atoms. The summed E-state index contributed by atoms with van der Waals surface area (Å²) in [5, 5.41) is 1.85. The highest BCUT2D eigenvalue weighted by molar-refractivity contribution is 9.09. The van der Waals surface area contributed by atoms with Crippen molar-refractivity contribution in [2.75, 3.05) is 5.33 Å². The summed E-state index contributed by atoms with van der Waals surface area (Å²) in [4.78, 5) is 2.98. The molecule has 0 aliphatic heterocycles. The maximum atomic E-state index is 5.92. The molecule has 0 amide bonds. The van der Waals surface area contributed by atoms with Crippen molar-refractivity contribution in [3.63, 3.8) is 0 Å². The van der Waals surface area contributed by atoms with Gasteiger partial charge in [-0.05, 0) is 55.0 Å². The Morgan fingerprint density at radius 2 is 1.74 bits per heavy atom. The van der Waals surface area contributed by atoms with Crippen molar-refractivity contribution >= 4 is 38.9 Å². The number of aryl methyl sites for hydroxylation is 1. The minimum absolute atomic E-state index is 0.643. The van der Waals surface area contributed by atoms with E-state index in [0.717, 1.165) is 29.6 Å². The summed E-state index contributed by atoms with van der Waals surface area (Å²) in [7, 11) is 0. The van der Waals surface area contributed by atoms with Gasteiger partial charge in [0.1, 0.15) is 0 Å². The van der Waals surface area contributed by atoms with Crippen molar-refractivity contribution in [3.05, 3.63) is 56.7 Å². The van der Waals surface area contributed by atoms with Gasteiger partial charge in [-0.3, -0.25) is 0 Å². The van der Waals surface area contributed by atoms with E-state index in [4.69, 9.17) is 11.6 Å². The molecule has 0 aliphatic rings. The van der Waals surface area contributed by atoms with Crippen molar-refractivity contribution in [2.24, 2.45) is 5.92 Å². The van der Waals surface area contributed by atoms with Gasteiger partial charge in [-0.2, -0.15) is 0 Å². The van der Waals surface area contributed by atoms with Crippen molar-refractivity contribution in [3.8, 4) is 0 Å². The number of alkyl halides is 1. The lowest BCUT2D eigenvalue weighted by molar-refractivity contribution is 0.596. The van der Waals surface area contributed by atoms with Crippen molar-refractivity contribution in [1.29, 1.82) is 0 Å². The topological polar surface area (TPSA) is 0 Å². The second kappa shape index (κ2) is 7.47. The fourth-order valence-electron chi connectivity index (χ4n) is 2.14. The number of hydrogen-bond acceptors (Lipinski definition) is 1. The lowest BCUT2D eigenvalue weighted by Crippen LogP contribution is -2.09. The summed E-state index contributed by atoms with van der Waals surface area (Å²) in [5.41, 5.74) is 1.36. The Morgan fingerprint density at radius 3 is 2.32 bits per heavy atom. The highest BCUT2D eigenvalue weighted by Crippen LogP contribution is 2.23. The summed E-state index contributed by atoms with van der Waals surface area (Å²) in [6, 6.07) is 12.7. The van der Waals surface area contributed by atoms with E-state index in [2.05, 4.69) is 47.1 Å². The largest absolute Gasteiger partial charge is 0.145 e. The molecule has 0 saturated carbocycles. The van der Waals surface area contributed by atoms with Crippen LogP contribution in [0.25, 0.3) is 0 Å². The van der Waals surface area contributed by atoms with Crippen molar-refractivity contribution in [1.82, 2.24) is 0 Å². The first kappa shape index (κ1) is 15.1. The average Bonchev–Trinajstić information content (AvgIpc) is 2.88. The van der Waals surface area contributed by atoms with Gasteiger partial charge in [-0.25, -0.2) is 0 Å². The van der Waals surface area contributed by atoms with Crippen LogP contribution in [0.5, 0.6) is 0 Å². The Balaban J connectivity index is 1.98. The van der Waals surface area contributed by atoms with Gasteiger partial charge in [0.15, 0.2) is 0 Å². The van der Waals surface area contributed by atoms with E-state index >= 15 is 0 Å². The first-order valence-electron chi connectivity index (χ1n) is 6.59. The molecule has 1 unspecified atom stereocenters. The molecule has 0 spiro atoms. The van der Waals surface area contributed by atoms with E-state index < -0.39 is 0 Å². The highest BCUT2D eigenvalue weighted by atomic mass is 79.9. The minimum atomic E-state index is 0.643. The highest BCUT2D eigenvalue weighted by Gasteiger charge is 2.11. The van der Waals surface area contributed by atoms with Crippen LogP contribution < -0.4 is 0 Å². The third kappa shape index (κ3) is 4.62. The summed E-state index contributed by atoms with van der Waals surface area (Å²) in [5.74, 6) is 0.643. The average molecular weight is 358 g/mol. The molecule has 0 fully saturated rings. The smallest absolute Gasteiger partial charge is 0.0406 e. The van der Waals surface area contributed by atoms with Crippen LogP contribution in [-0.4, -0.2) is 5.33 Å². The zero-order valence-electron chi connectivity index (χ0n) is 11.0. The van der Waals surface area contributed by atoms with Gasteiger partial charge in [0.05, 0.1) is 0 Å². The van der Waals surface area contributed by atoms with Crippen molar-refractivity contribution < 1.29 is 0 Å². The second-order valence-corrected chi connectivity index (χ2v) is 7.11. The number of halogens is 2. The van der Waals surface area contributed by atoms with E-state index in [1.807, 2.05) is 23.5 Å². The lowest BCUT2D eigenvalue weighted by atomic mass is 9.97. The molecule has 2 aromatic rings. The Morgan fingerprint density at radius 1 is 1.05 bits per heavy atom. The molecule has 2 rings (SSSR count). The maximum absolute atomic E-state index is 5.92. The Hall–Kier alpha value is -0.310. The first-order valence-corrected chi connectivity index (χ1v) is 8.90. The van der Waals surface area contributed by atoms with Gasteiger partial charge in [-0.1, -0.05) is 46.6 Å². The molecule has 0 N–H and O–H groups in total. The second-order valence-electron chi connectivity index (χ2n) is 4.78. The van der Waals surface area contributed by atoms with E-state index in [1.165, 1.54) is 15.3 Å². The molecule has 0 aliphatic carbocycles. The van der Waals surface area contributed by atoms with E-state index in [1.54, 1.807) is 0 Å². The molecular formula is C16H18BrClS. The van der Waals surface area contributed by atoms with Crippen LogP contribution in [0.2, 0.25) is 5.02 Å². The molecule has 1 heterocycles. The van der Waals surface area contributed by atoms with Crippen LogP contribution in [0, 0.1) is 5.92 Å². The molecule has 0 radical (unpaired) electrons. The summed E-state index contributed by atoms with van der Waals surface area (Å²) < 4.78 is 0. The monoisotopic (exact) mass is 356 g/mol. The standard InChI is InChI=1S/C16H18BrClS/c1-2-15-7-8-16(19-15)10-13(11-17)9-12-3-5-14(18)6-4-12/h3-8,13H,2,9-11H2,1H3. The zero-order chi connectivity index (χ0) is 13.7. The van der Waals surface area contributed by atoms with Gasteiger partial charge in [0.25, 0.3) is 0 Å². The SMILES string of the molecule is CCc1ccc(CC(CBr)Cc2ccc(Cl)cc2)s1. The Bertz CT molecular complexity index is 504. The van der Waals surface area contributed by atoms with Crippen LogP contribution in [-0.2, 0) is 19.3 Å². The Kier molecular flexibility index (Phi) is 5.93. The number of hydrogen-bond donors (Lipinski definition) is 0. The van der Waals surface area contributed by atoms with Crippen molar-refractivity contribution in [2.45, 2.75) is 26.2 Å². The maximum Gasteiger partial charge on any atom is 0.0406 e. The zero-order valence-corrected chi connectivity index (χ0v) is 14.2. The van der Waals surface area contributed by atoms with Crippen LogP contribution in [0.15, 0.2) is 36.4 Å². The third-order valence-corrected chi connectivity index (χ3v) is 5.63. The number of thiophene rings is 1. The molecule has 3 heteroatoms.